The van der Waals surface area contributed by atoms with Crippen LogP contribution in [0.4, 0.5) is 5.13 Å². The first-order valence-electron chi connectivity index (χ1n) is 3.71. The van der Waals surface area contributed by atoms with Crippen LogP contribution in [0, 0.1) is 0 Å². The van der Waals surface area contributed by atoms with Gasteiger partial charge in [-0.1, -0.05) is 22.9 Å². The van der Waals surface area contributed by atoms with E-state index in [1.807, 2.05) is 6.92 Å². The maximum absolute atomic E-state index is 11.1. The van der Waals surface area contributed by atoms with Crippen molar-refractivity contribution in [3.63, 3.8) is 0 Å². The Balaban J connectivity index is 2.36. The van der Waals surface area contributed by atoms with E-state index in [-0.39, 0.29) is 12.5 Å². The fourth-order valence-corrected chi connectivity index (χ4v) is 1.49. The van der Waals surface area contributed by atoms with Crippen LogP contribution in [0.3, 0.4) is 0 Å². The molecule has 0 spiro atoms. The molecule has 0 aromatic carbocycles. The number of hydrogen-bond donors (Lipinski definition) is 1. The smallest absolute Gasteiger partial charge is 0.252 e. The SMILES string of the molecule is CCOCC(=O)Nc1ncc(Cl)s1. The number of rotatable bonds is 4. The first-order valence-corrected chi connectivity index (χ1v) is 4.90. The normalized spacial score (nSPS) is 10.0. The van der Waals surface area contributed by atoms with Crippen molar-refractivity contribution in [3.05, 3.63) is 10.5 Å². The summed E-state index contributed by atoms with van der Waals surface area (Å²) in [6.45, 7) is 2.40. The summed E-state index contributed by atoms with van der Waals surface area (Å²) in [5.41, 5.74) is 0. The van der Waals surface area contributed by atoms with Gasteiger partial charge in [-0.15, -0.1) is 0 Å². The van der Waals surface area contributed by atoms with Gasteiger partial charge in [0.15, 0.2) is 5.13 Å². The summed E-state index contributed by atoms with van der Waals surface area (Å²) in [6, 6.07) is 0. The summed E-state index contributed by atoms with van der Waals surface area (Å²) < 4.78 is 5.45. The Labute approximate surface area is 84.9 Å². The summed E-state index contributed by atoms with van der Waals surface area (Å²) in [6.07, 6.45) is 1.49. The van der Waals surface area contributed by atoms with Gasteiger partial charge < -0.3 is 4.74 Å². The molecule has 1 rings (SSSR count). The Morgan fingerprint density at radius 3 is 3.15 bits per heavy atom. The Morgan fingerprint density at radius 2 is 2.62 bits per heavy atom. The molecular formula is C7H9ClN2O2S. The molecule has 0 fully saturated rings. The second-order valence-electron chi connectivity index (χ2n) is 2.15. The molecule has 0 aliphatic heterocycles. The number of carbonyl (C=O) groups excluding carboxylic acids is 1. The molecule has 0 unspecified atom stereocenters. The molecule has 1 amide bonds. The lowest BCUT2D eigenvalue weighted by Gasteiger charge is -2.00. The zero-order valence-corrected chi connectivity index (χ0v) is 8.61. The summed E-state index contributed by atoms with van der Waals surface area (Å²) in [4.78, 5) is 14.9. The average Bonchev–Trinajstić information content (AvgIpc) is 2.48. The van der Waals surface area contributed by atoms with Crippen molar-refractivity contribution in [2.75, 3.05) is 18.5 Å². The standard InChI is InChI=1S/C7H9ClN2O2S/c1-2-12-4-6(11)10-7-9-3-5(8)13-7/h3H,2,4H2,1H3,(H,9,10,11). The minimum absolute atomic E-state index is 0.0493. The highest BCUT2D eigenvalue weighted by atomic mass is 35.5. The zero-order chi connectivity index (χ0) is 9.68. The van der Waals surface area contributed by atoms with E-state index in [9.17, 15) is 4.79 Å². The average molecular weight is 221 g/mol. The molecule has 1 aromatic heterocycles. The van der Waals surface area contributed by atoms with Crippen molar-refractivity contribution in [1.82, 2.24) is 4.98 Å². The summed E-state index contributed by atoms with van der Waals surface area (Å²) in [5.74, 6) is -0.215. The third kappa shape index (κ3) is 3.71. The molecule has 0 saturated carbocycles. The molecule has 13 heavy (non-hydrogen) atoms. The van der Waals surface area contributed by atoms with E-state index in [0.717, 1.165) is 0 Å². The Hall–Kier alpha value is -0.650. The number of halogens is 1. The van der Waals surface area contributed by atoms with Crippen molar-refractivity contribution in [2.24, 2.45) is 0 Å². The molecule has 0 aliphatic carbocycles. The third-order valence-corrected chi connectivity index (χ3v) is 2.19. The van der Waals surface area contributed by atoms with Crippen LogP contribution in [-0.4, -0.2) is 24.1 Å². The zero-order valence-electron chi connectivity index (χ0n) is 7.04. The van der Waals surface area contributed by atoms with Crippen LogP contribution in [0.2, 0.25) is 4.34 Å². The number of ether oxygens (including phenoxy) is 1. The molecule has 1 aromatic rings. The molecular weight excluding hydrogens is 212 g/mol. The first-order chi connectivity index (χ1) is 6.22. The number of hydrogen-bond acceptors (Lipinski definition) is 4. The van der Waals surface area contributed by atoms with E-state index >= 15 is 0 Å². The highest BCUT2D eigenvalue weighted by Gasteiger charge is 2.04. The second kappa shape index (κ2) is 5.16. The summed E-state index contributed by atoms with van der Waals surface area (Å²) in [5, 5.41) is 3.05. The maximum atomic E-state index is 11.1. The highest BCUT2D eigenvalue weighted by molar-refractivity contribution is 7.19. The quantitative estimate of drug-likeness (QED) is 0.842. The second-order valence-corrected chi connectivity index (χ2v) is 3.82. The predicted octanol–water partition coefficient (Wildman–Crippen LogP) is 1.77. The number of anilines is 1. The van der Waals surface area contributed by atoms with E-state index in [1.165, 1.54) is 17.5 Å². The van der Waals surface area contributed by atoms with Crippen LogP contribution < -0.4 is 5.32 Å². The van der Waals surface area contributed by atoms with Crippen molar-refractivity contribution in [2.45, 2.75) is 6.92 Å². The van der Waals surface area contributed by atoms with Gasteiger partial charge in [0, 0.05) is 6.61 Å². The van der Waals surface area contributed by atoms with Crippen LogP contribution >= 0.6 is 22.9 Å². The van der Waals surface area contributed by atoms with Crippen molar-refractivity contribution < 1.29 is 9.53 Å². The highest BCUT2D eigenvalue weighted by Crippen LogP contribution is 2.22. The van der Waals surface area contributed by atoms with Gasteiger partial charge in [0.05, 0.1) is 6.20 Å². The molecule has 1 heterocycles. The number of amides is 1. The molecule has 0 radical (unpaired) electrons. The molecule has 72 valence electrons. The first kappa shape index (κ1) is 10.4. The van der Waals surface area contributed by atoms with Crippen molar-refractivity contribution >= 4 is 34.0 Å². The monoisotopic (exact) mass is 220 g/mol. The van der Waals surface area contributed by atoms with Gasteiger partial charge >= 0.3 is 0 Å². The Bertz CT molecular complexity index is 290. The molecule has 0 bridgehead atoms. The van der Waals surface area contributed by atoms with Gasteiger partial charge in [-0.2, -0.15) is 0 Å². The number of carbonyl (C=O) groups is 1. The molecule has 0 atom stereocenters. The lowest BCUT2D eigenvalue weighted by molar-refractivity contribution is -0.120. The molecule has 1 N–H and O–H groups in total. The fourth-order valence-electron chi connectivity index (χ4n) is 0.662. The molecule has 0 aliphatic rings. The van der Waals surface area contributed by atoms with Crippen LogP contribution in [-0.2, 0) is 9.53 Å². The van der Waals surface area contributed by atoms with Crippen LogP contribution in [0.5, 0.6) is 0 Å². The van der Waals surface area contributed by atoms with Crippen LogP contribution in [0.15, 0.2) is 6.20 Å². The van der Waals surface area contributed by atoms with Crippen molar-refractivity contribution in [3.8, 4) is 0 Å². The maximum Gasteiger partial charge on any atom is 0.252 e. The van der Waals surface area contributed by atoms with Gasteiger partial charge in [-0.05, 0) is 6.92 Å². The molecule has 0 saturated heterocycles. The van der Waals surface area contributed by atoms with Gasteiger partial charge in [-0.3, -0.25) is 10.1 Å². The van der Waals surface area contributed by atoms with E-state index < -0.39 is 0 Å². The molecule has 4 nitrogen and oxygen atoms in total. The Morgan fingerprint density at radius 1 is 1.85 bits per heavy atom. The van der Waals surface area contributed by atoms with E-state index in [2.05, 4.69) is 10.3 Å². The topological polar surface area (TPSA) is 51.2 Å². The lowest BCUT2D eigenvalue weighted by atomic mass is 10.6. The fraction of sp³-hybridized carbons (Fsp3) is 0.429. The predicted molar refractivity (Wildman–Crippen MR) is 52.2 cm³/mol. The van der Waals surface area contributed by atoms with Gasteiger partial charge in [0.25, 0.3) is 5.91 Å². The Kier molecular flexibility index (Phi) is 4.14. The third-order valence-electron chi connectivity index (χ3n) is 1.16. The summed E-state index contributed by atoms with van der Waals surface area (Å²) in [7, 11) is 0. The van der Waals surface area contributed by atoms with E-state index in [1.54, 1.807) is 0 Å². The van der Waals surface area contributed by atoms with E-state index in [0.29, 0.717) is 16.1 Å². The minimum atomic E-state index is -0.215. The largest absolute Gasteiger partial charge is 0.372 e. The number of nitrogens with zero attached hydrogens (tertiary/aromatic N) is 1. The van der Waals surface area contributed by atoms with Crippen LogP contribution in [0.25, 0.3) is 0 Å². The van der Waals surface area contributed by atoms with E-state index in [4.69, 9.17) is 16.3 Å². The van der Waals surface area contributed by atoms with Gasteiger partial charge in [0.2, 0.25) is 0 Å². The minimum Gasteiger partial charge on any atom is -0.372 e. The lowest BCUT2D eigenvalue weighted by Crippen LogP contribution is -2.17. The molecule has 6 heteroatoms. The number of thiazole rings is 1. The van der Waals surface area contributed by atoms with Gasteiger partial charge in [-0.25, -0.2) is 4.98 Å². The summed E-state index contributed by atoms with van der Waals surface area (Å²) >= 11 is 6.84. The van der Waals surface area contributed by atoms with Crippen LogP contribution in [0.1, 0.15) is 6.92 Å². The van der Waals surface area contributed by atoms with Gasteiger partial charge in [0.1, 0.15) is 10.9 Å². The number of aromatic nitrogens is 1. The number of nitrogens with one attached hydrogen (secondary N) is 1. The van der Waals surface area contributed by atoms with Crippen molar-refractivity contribution in [1.29, 1.82) is 0 Å².